The molecule has 0 aliphatic carbocycles. The second kappa shape index (κ2) is 8.71. The number of halogens is 1. The number of nitrogens with two attached hydrogens (primary N) is 1. The Morgan fingerprint density at radius 2 is 2.27 bits per heavy atom. The molecule has 0 bridgehead atoms. The summed E-state index contributed by atoms with van der Waals surface area (Å²) in [6.45, 7) is 3.58. The van der Waals surface area contributed by atoms with E-state index < -0.39 is 6.04 Å². The van der Waals surface area contributed by atoms with Crippen molar-refractivity contribution in [2.75, 3.05) is 25.7 Å². The molecule has 0 fully saturated rings. The zero-order valence-corrected chi connectivity index (χ0v) is 14.8. The number of methoxy groups -OCH3 is 1. The van der Waals surface area contributed by atoms with E-state index in [-0.39, 0.29) is 24.4 Å². The Kier molecular flexibility index (Phi) is 7.61. The van der Waals surface area contributed by atoms with Gasteiger partial charge >= 0.3 is 0 Å². The molecule has 22 heavy (non-hydrogen) atoms. The normalized spacial score (nSPS) is 18.5. The van der Waals surface area contributed by atoms with Crippen LogP contribution in [0.4, 0.5) is 0 Å². The van der Waals surface area contributed by atoms with Crippen LogP contribution in [0.3, 0.4) is 0 Å². The second-order valence-corrected chi connectivity index (χ2v) is 6.28. The van der Waals surface area contributed by atoms with Crippen LogP contribution in [0.5, 0.6) is 0 Å². The van der Waals surface area contributed by atoms with E-state index in [4.69, 9.17) is 10.5 Å². The SMILES string of the molecule is COCc1nnc2n1[C@@H](C)CN(C(=O)[C@@H](N)CCSC)C2.Cl. The Balaban J connectivity index is 0.00000242. The number of hydrogen-bond donors (Lipinski definition) is 1. The molecule has 7 nitrogen and oxygen atoms in total. The second-order valence-electron chi connectivity index (χ2n) is 5.29. The summed E-state index contributed by atoms with van der Waals surface area (Å²) in [5, 5.41) is 8.32. The summed E-state index contributed by atoms with van der Waals surface area (Å²) in [5.41, 5.74) is 5.99. The lowest BCUT2D eigenvalue weighted by Crippen LogP contribution is -2.48. The largest absolute Gasteiger partial charge is 0.377 e. The van der Waals surface area contributed by atoms with Crippen LogP contribution in [0.2, 0.25) is 0 Å². The summed E-state index contributed by atoms with van der Waals surface area (Å²) in [5.74, 6) is 2.49. The number of carbonyl (C=O) groups is 1. The number of thioether (sulfide) groups is 1. The molecule has 9 heteroatoms. The predicted octanol–water partition coefficient (Wildman–Crippen LogP) is 0.830. The quantitative estimate of drug-likeness (QED) is 0.818. The summed E-state index contributed by atoms with van der Waals surface area (Å²) < 4.78 is 7.19. The van der Waals surface area contributed by atoms with E-state index in [0.29, 0.717) is 26.1 Å². The predicted molar refractivity (Wildman–Crippen MR) is 89.1 cm³/mol. The van der Waals surface area contributed by atoms with E-state index in [2.05, 4.69) is 21.7 Å². The first kappa shape index (κ1) is 19.2. The molecule has 1 aromatic rings. The summed E-state index contributed by atoms with van der Waals surface area (Å²) >= 11 is 1.70. The maximum absolute atomic E-state index is 12.4. The Bertz CT molecular complexity index is 499. The molecule has 2 rings (SSSR count). The monoisotopic (exact) mass is 349 g/mol. The summed E-state index contributed by atoms with van der Waals surface area (Å²) in [6.07, 6.45) is 2.71. The maximum atomic E-state index is 12.4. The topological polar surface area (TPSA) is 86.3 Å². The zero-order valence-electron chi connectivity index (χ0n) is 13.2. The molecule has 2 N–H and O–H groups in total. The number of fused-ring (bicyclic) bond motifs is 1. The molecule has 0 saturated heterocycles. The Morgan fingerprint density at radius 3 is 2.91 bits per heavy atom. The zero-order chi connectivity index (χ0) is 15.4. The Hall–Kier alpha value is -0.830. The van der Waals surface area contributed by atoms with Gasteiger partial charge in [0, 0.05) is 13.7 Å². The van der Waals surface area contributed by atoms with Crippen molar-refractivity contribution in [2.24, 2.45) is 5.73 Å². The van der Waals surface area contributed by atoms with Crippen molar-refractivity contribution in [3.63, 3.8) is 0 Å². The van der Waals surface area contributed by atoms with Gasteiger partial charge in [-0.2, -0.15) is 11.8 Å². The molecule has 0 radical (unpaired) electrons. The third-order valence-corrected chi connectivity index (χ3v) is 4.27. The van der Waals surface area contributed by atoms with Crippen LogP contribution in [0, 0.1) is 0 Å². The molecule has 0 spiro atoms. The summed E-state index contributed by atoms with van der Waals surface area (Å²) in [6, 6.07) is -0.303. The molecular formula is C13H24ClN5O2S. The first-order chi connectivity index (χ1) is 10.1. The van der Waals surface area contributed by atoms with E-state index in [1.165, 1.54) is 0 Å². The van der Waals surface area contributed by atoms with Crippen LogP contribution in [0.15, 0.2) is 0 Å². The van der Waals surface area contributed by atoms with Gasteiger partial charge in [0.05, 0.1) is 18.6 Å². The molecule has 126 valence electrons. The van der Waals surface area contributed by atoms with Crippen molar-refractivity contribution in [2.45, 2.75) is 38.6 Å². The molecule has 0 saturated carbocycles. The van der Waals surface area contributed by atoms with Gasteiger partial charge in [-0.15, -0.1) is 22.6 Å². The van der Waals surface area contributed by atoms with Crippen molar-refractivity contribution in [3.05, 3.63) is 11.6 Å². The summed E-state index contributed by atoms with van der Waals surface area (Å²) in [7, 11) is 1.63. The van der Waals surface area contributed by atoms with Crippen molar-refractivity contribution >= 4 is 30.1 Å². The average molecular weight is 350 g/mol. The lowest BCUT2D eigenvalue weighted by molar-refractivity contribution is -0.134. The fourth-order valence-electron chi connectivity index (χ4n) is 2.61. The van der Waals surface area contributed by atoms with Crippen LogP contribution in [-0.4, -0.2) is 57.3 Å². The number of carbonyl (C=O) groups excluding carboxylic acids is 1. The van der Waals surface area contributed by atoms with Gasteiger partial charge in [-0.25, -0.2) is 0 Å². The first-order valence-electron chi connectivity index (χ1n) is 7.03. The highest BCUT2D eigenvalue weighted by Gasteiger charge is 2.31. The Morgan fingerprint density at radius 1 is 1.55 bits per heavy atom. The minimum atomic E-state index is -0.433. The van der Waals surface area contributed by atoms with E-state index >= 15 is 0 Å². The van der Waals surface area contributed by atoms with Crippen LogP contribution in [0.1, 0.15) is 31.0 Å². The number of amides is 1. The van der Waals surface area contributed by atoms with Crippen LogP contribution in [-0.2, 0) is 22.7 Å². The number of ether oxygens (including phenoxy) is 1. The Labute approximate surface area is 141 Å². The van der Waals surface area contributed by atoms with E-state index in [0.717, 1.165) is 17.4 Å². The number of nitrogens with zero attached hydrogens (tertiary/aromatic N) is 4. The molecule has 2 heterocycles. The third-order valence-electron chi connectivity index (χ3n) is 3.63. The minimum Gasteiger partial charge on any atom is -0.377 e. The standard InChI is InChI=1S/C13H23N5O2S.ClH/c1-9-6-17(13(19)10(14)4-5-21-3)7-11-15-16-12(8-20-2)18(9)11;/h9-10H,4-8,14H2,1-3H3;1H/t9-,10-;/m0./s1. The van der Waals surface area contributed by atoms with Gasteiger partial charge in [0.15, 0.2) is 11.6 Å². The van der Waals surface area contributed by atoms with E-state index in [9.17, 15) is 4.79 Å². The lowest BCUT2D eigenvalue weighted by atomic mass is 10.1. The van der Waals surface area contributed by atoms with Gasteiger partial charge in [-0.3, -0.25) is 4.79 Å². The van der Waals surface area contributed by atoms with Crippen LogP contribution >= 0.6 is 24.2 Å². The fraction of sp³-hybridized carbons (Fsp3) is 0.769. The molecule has 1 amide bonds. The smallest absolute Gasteiger partial charge is 0.239 e. The van der Waals surface area contributed by atoms with Crippen LogP contribution in [0.25, 0.3) is 0 Å². The van der Waals surface area contributed by atoms with Crippen molar-refractivity contribution < 1.29 is 9.53 Å². The van der Waals surface area contributed by atoms with Crippen molar-refractivity contribution in [1.29, 1.82) is 0 Å². The molecule has 1 aromatic heterocycles. The van der Waals surface area contributed by atoms with E-state index in [1.54, 1.807) is 23.8 Å². The average Bonchev–Trinajstić information content (AvgIpc) is 2.88. The van der Waals surface area contributed by atoms with Gasteiger partial charge < -0.3 is 19.9 Å². The first-order valence-corrected chi connectivity index (χ1v) is 8.42. The lowest BCUT2D eigenvalue weighted by Gasteiger charge is -2.34. The molecule has 0 unspecified atom stereocenters. The van der Waals surface area contributed by atoms with Gasteiger partial charge in [0.2, 0.25) is 5.91 Å². The van der Waals surface area contributed by atoms with Gasteiger partial charge in [0.1, 0.15) is 6.61 Å². The minimum absolute atomic E-state index is 0. The third kappa shape index (κ3) is 4.13. The highest BCUT2D eigenvalue weighted by atomic mass is 35.5. The molecule has 2 atom stereocenters. The number of hydrogen-bond acceptors (Lipinski definition) is 6. The molecule has 0 aromatic carbocycles. The fourth-order valence-corrected chi connectivity index (χ4v) is 3.10. The summed E-state index contributed by atoms with van der Waals surface area (Å²) in [4.78, 5) is 14.2. The highest BCUT2D eigenvalue weighted by molar-refractivity contribution is 7.98. The molecule has 1 aliphatic heterocycles. The van der Waals surface area contributed by atoms with Crippen molar-refractivity contribution in [1.82, 2.24) is 19.7 Å². The number of rotatable bonds is 6. The molecular weight excluding hydrogens is 326 g/mol. The van der Waals surface area contributed by atoms with Gasteiger partial charge in [-0.1, -0.05) is 0 Å². The van der Waals surface area contributed by atoms with Crippen molar-refractivity contribution in [3.8, 4) is 0 Å². The molecule has 1 aliphatic rings. The highest BCUT2D eigenvalue weighted by Crippen LogP contribution is 2.22. The van der Waals surface area contributed by atoms with E-state index in [1.807, 2.05) is 6.26 Å². The maximum Gasteiger partial charge on any atom is 0.239 e. The van der Waals surface area contributed by atoms with Gasteiger partial charge in [0.25, 0.3) is 0 Å². The van der Waals surface area contributed by atoms with Crippen LogP contribution < -0.4 is 5.73 Å². The van der Waals surface area contributed by atoms with Gasteiger partial charge in [-0.05, 0) is 25.4 Å². The number of aromatic nitrogens is 3.